The second-order valence-corrected chi connectivity index (χ2v) is 5.44. The van der Waals surface area contributed by atoms with E-state index in [0.29, 0.717) is 18.7 Å². The summed E-state index contributed by atoms with van der Waals surface area (Å²) in [6.07, 6.45) is 0. The normalized spacial score (nSPS) is 10.4. The Morgan fingerprint density at radius 3 is 2.67 bits per heavy atom. The Balaban J connectivity index is 1.94. The SMILES string of the molecule is COc1ccc(CNCc2cc(C(N)=O)cs2)c(OC)c1. The lowest BCUT2D eigenvalue weighted by Gasteiger charge is -2.10. The predicted octanol–water partition coefficient (Wildman–Crippen LogP) is 2.15. The number of carbonyl (C=O) groups is 1. The quantitative estimate of drug-likeness (QED) is 0.822. The number of ether oxygens (including phenoxy) is 2. The van der Waals surface area contributed by atoms with E-state index in [1.54, 1.807) is 19.6 Å². The Morgan fingerprint density at radius 2 is 2.05 bits per heavy atom. The van der Waals surface area contributed by atoms with E-state index in [-0.39, 0.29) is 0 Å². The summed E-state index contributed by atoms with van der Waals surface area (Å²) in [4.78, 5) is 12.1. The minimum Gasteiger partial charge on any atom is -0.497 e. The van der Waals surface area contributed by atoms with Gasteiger partial charge in [0.05, 0.1) is 19.8 Å². The van der Waals surface area contributed by atoms with Gasteiger partial charge in [-0.1, -0.05) is 6.07 Å². The molecule has 5 nitrogen and oxygen atoms in total. The molecule has 21 heavy (non-hydrogen) atoms. The molecule has 0 aliphatic heterocycles. The van der Waals surface area contributed by atoms with Gasteiger partial charge in [-0.15, -0.1) is 11.3 Å². The van der Waals surface area contributed by atoms with Crippen LogP contribution in [0.3, 0.4) is 0 Å². The molecule has 112 valence electrons. The fourth-order valence-corrected chi connectivity index (χ4v) is 2.76. The van der Waals surface area contributed by atoms with Crippen LogP contribution in [0.1, 0.15) is 20.8 Å². The van der Waals surface area contributed by atoms with Crippen LogP contribution in [0.15, 0.2) is 29.6 Å². The minimum atomic E-state index is -0.394. The van der Waals surface area contributed by atoms with Crippen LogP contribution in [0.5, 0.6) is 11.5 Å². The topological polar surface area (TPSA) is 73.6 Å². The molecule has 2 rings (SSSR count). The third-order valence-corrected chi connectivity index (χ3v) is 3.98. The summed E-state index contributed by atoms with van der Waals surface area (Å²) < 4.78 is 10.5. The van der Waals surface area contributed by atoms with Crippen molar-refractivity contribution in [3.8, 4) is 11.5 Å². The van der Waals surface area contributed by atoms with Crippen LogP contribution in [-0.2, 0) is 13.1 Å². The molecule has 0 bridgehead atoms. The van der Waals surface area contributed by atoms with Gasteiger partial charge in [0, 0.05) is 35.0 Å². The van der Waals surface area contributed by atoms with E-state index < -0.39 is 5.91 Å². The number of nitrogens with two attached hydrogens (primary N) is 1. The predicted molar refractivity (Wildman–Crippen MR) is 82.9 cm³/mol. The number of carbonyl (C=O) groups excluding carboxylic acids is 1. The van der Waals surface area contributed by atoms with Crippen molar-refractivity contribution in [1.82, 2.24) is 5.32 Å². The van der Waals surface area contributed by atoms with Gasteiger partial charge in [-0.25, -0.2) is 0 Å². The average molecular weight is 306 g/mol. The third-order valence-electron chi connectivity index (χ3n) is 3.05. The molecule has 0 aliphatic rings. The van der Waals surface area contributed by atoms with Crippen molar-refractivity contribution in [2.75, 3.05) is 14.2 Å². The van der Waals surface area contributed by atoms with Gasteiger partial charge >= 0.3 is 0 Å². The molecular formula is C15H18N2O3S. The summed E-state index contributed by atoms with van der Waals surface area (Å²) in [5.74, 6) is 1.15. The Bertz CT molecular complexity index is 625. The second kappa shape index (κ2) is 7.10. The van der Waals surface area contributed by atoms with Gasteiger partial charge in [0.2, 0.25) is 5.91 Å². The van der Waals surface area contributed by atoms with E-state index in [2.05, 4.69) is 5.32 Å². The van der Waals surface area contributed by atoms with E-state index in [9.17, 15) is 4.79 Å². The first-order chi connectivity index (χ1) is 10.1. The Labute approximate surface area is 127 Å². The number of methoxy groups -OCH3 is 2. The van der Waals surface area contributed by atoms with Gasteiger partial charge in [-0.3, -0.25) is 4.79 Å². The fraction of sp³-hybridized carbons (Fsp3) is 0.267. The molecule has 2 aromatic rings. The minimum absolute atomic E-state index is 0.394. The van der Waals surface area contributed by atoms with Crippen LogP contribution in [-0.4, -0.2) is 20.1 Å². The van der Waals surface area contributed by atoms with Crippen molar-refractivity contribution in [2.24, 2.45) is 5.73 Å². The molecule has 3 N–H and O–H groups in total. The number of thiophene rings is 1. The summed E-state index contributed by atoms with van der Waals surface area (Å²) in [6, 6.07) is 7.53. The molecule has 1 heterocycles. The van der Waals surface area contributed by atoms with E-state index in [1.165, 1.54) is 11.3 Å². The Kier molecular flexibility index (Phi) is 5.19. The number of hydrogen-bond donors (Lipinski definition) is 2. The molecule has 1 aromatic heterocycles. The number of hydrogen-bond acceptors (Lipinski definition) is 5. The number of benzene rings is 1. The highest BCUT2D eigenvalue weighted by atomic mass is 32.1. The molecule has 1 aromatic carbocycles. The Morgan fingerprint density at radius 1 is 1.24 bits per heavy atom. The summed E-state index contributed by atoms with van der Waals surface area (Å²) in [6.45, 7) is 1.34. The van der Waals surface area contributed by atoms with E-state index in [1.807, 2.05) is 24.3 Å². The van der Waals surface area contributed by atoms with E-state index >= 15 is 0 Å². The van der Waals surface area contributed by atoms with Crippen LogP contribution in [0.2, 0.25) is 0 Å². The van der Waals surface area contributed by atoms with Crippen molar-refractivity contribution >= 4 is 17.2 Å². The van der Waals surface area contributed by atoms with Gasteiger partial charge in [0.25, 0.3) is 0 Å². The molecule has 0 radical (unpaired) electrons. The highest BCUT2D eigenvalue weighted by Gasteiger charge is 2.07. The largest absolute Gasteiger partial charge is 0.497 e. The Hall–Kier alpha value is -2.05. The van der Waals surface area contributed by atoms with Crippen LogP contribution >= 0.6 is 11.3 Å². The third kappa shape index (κ3) is 3.96. The fourth-order valence-electron chi connectivity index (χ4n) is 1.92. The van der Waals surface area contributed by atoms with Crippen LogP contribution in [0.4, 0.5) is 0 Å². The van der Waals surface area contributed by atoms with Gasteiger partial charge in [-0.05, 0) is 12.1 Å². The van der Waals surface area contributed by atoms with E-state index in [0.717, 1.165) is 21.9 Å². The lowest BCUT2D eigenvalue weighted by atomic mass is 10.2. The highest BCUT2D eigenvalue weighted by molar-refractivity contribution is 7.10. The molecule has 0 atom stereocenters. The van der Waals surface area contributed by atoms with Gasteiger partial charge in [-0.2, -0.15) is 0 Å². The second-order valence-electron chi connectivity index (χ2n) is 4.45. The molecule has 0 saturated carbocycles. The van der Waals surface area contributed by atoms with Crippen molar-refractivity contribution in [3.63, 3.8) is 0 Å². The number of nitrogens with one attached hydrogen (secondary N) is 1. The molecular weight excluding hydrogens is 288 g/mol. The lowest BCUT2D eigenvalue weighted by molar-refractivity contribution is 0.100. The van der Waals surface area contributed by atoms with Crippen molar-refractivity contribution in [2.45, 2.75) is 13.1 Å². The average Bonchev–Trinajstić information content (AvgIpc) is 2.96. The number of amides is 1. The van der Waals surface area contributed by atoms with Gasteiger partial charge in [0.15, 0.2) is 0 Å². The molecule has 0 spiro atoms. The molecule has 6 heteroatoms. The maximum atomic E-state index is 11.0. The van der Waals surface area contributed by atoms with Crippen LogP contribution in [0.25, 0.3) is 0 Å². The highest BCUT2D eigenvalue weighted by Crippen LogP contribution is 2.24. The van der Waals surface area contributed by atoms with Gasteiger partial charge in [0.1, 0.15) is 11.5 Å². The summed E-state index contributed by atoms with van der Waals surface area (Å²) >= 11 is 1.51. The zero-order valence-electron chi connectivity index (χ0n) is 12.0. The van der Waals surface area contributed by atoms with Gasteiger partial charge < -0.3 is 20.5 Å². The first-order valence-corrected chi connectivity index (χ1v) is 7.31. The zero-order valence-corrected chi connectivity index (χ0v) is 12.8. The van der Waals surface area contributed by atoms with Crippen molar-refractivity contribution in [3.05, 3.63) is 45.6 Å². The number of rotatable bonds is 7. The van der Waals surface area contributed by atoms with Crippen LogP contribution < -0.4 is 20.5 Å². The first-order valence-electron chi connectivity index (χ1n) is 6.43. The molecule has 1 amide bonds. The van der Waals surface area contributed by atoms with Crippen LogP contribution in [0, 0.1) is 0 Å². The monoisotopic (exact) mass is 306 g/mol. The standard InChI is InChI=1S/C15H18N2O3S/c1-19-12-4-3-10(14(6-12)20-2)7-17-8-13-5-11(9-21-13)15(16)18/h3-6,9,17H,7-8H2,1-2H3,(H2,16,18). The molecule has 0 saturated heterocycles. The maximum Gasteiger partial charge on any atom is 0.249 e. The molecule has 0 fully saturated rings. The summed E-state index contributed by atoms with van der Waals surface area (Å²) in [5, 5.41) is 5.09. The molecule has 0 unspecified atom stereocenters. The maximum absolute atomic E-state index is 11.0. The first kappa shape index (κ1) is 15.3. The van der Waals surface area contributed by atoms with Crippen molar-refractivity contribution < 1.29 is 14.3 Å². The lowest BCUT2D eigenvalue weighted by Crippen LogP contribution is -2.13. The van der Waals surface area contributed by atoms with E-state index in [4.69, 9.17) is 15.2 Å². The number of primary amides is 1. The van der Waals surface area contributed by atoms with Crippen molar-refractivity contribution in [1.29, 1.82) is 0 Å². The summed E-state index contributed by atoms with van der Waals surface area (Å²) in [7, 11) is 3.26. The zero-order chi connectivity index (χ0) is 15.2. The summed E-state index contributed by atoms with van der Waals surface area (Å²) in [5.41, 5.74) is 6.83. The smallest absolute Gasteiger partial charge is 0.249 e. The molecule has 0 aliphatic carbocycles.